The minimum absolute atomic E-state index is 0.333. The van der Waals surface area contributed by atoms with E-state index < -0.39 is 12.0 Å². The Balaban J connectivity index is 3.12. The summed E-state index contributed by atoms with van der Waals surface area (Å²) in [5.41, 5.74) is 11.6. The predicted molar refractivity (Wildman–Crippen MR) is 50.4 cm³/mol. The van der Waals surface area contributed by atoms with E-state index in [0.29, 0.717) is 16.3 Å². The highest BCUT2D eigenvalue weighted by atomic mass is 35.5. The molecule has 0 bridgehead atoms. The predicted octanol–water partition coefficient (Wildman–Crippen LogP) is 1.01. The van der Waals surface area contributed by atoms with E-state index in [2.05, 4.69) is 0 Å². The van der Waals surface area contributed by atoms with Crippen LogP contribution in [0.15, 0.2) is 18.2 Å². The van der Waals surface area contributed by atoms with Gasteiger partial charge in [0.2, 0.25) is 0 Å². The van der Waals surface area contributed by atoms with Gasteiger partial charge in [0, 0.05) is 16.3 Å². The summed E-state index contributed by atoms with van der Waals surface area (Å²) >= 11 is 5.66. The Kier molecular flexibility index (Phi) is 2.75. The van der Waals surface area contributed by atoms with Gasteiger partial charge in [0.1, 0.15) is 6.04 Å². The lowest BCUT2D eigenvalue weighted by molar-refractivity contribution is -0.138. The third-order valence-corrected chi connectivity index (χ3v) is 1.89. The molecular weight excluding hydrogens is 192 g/mol. The Morgan fingerprint density at radius 3 is 2.69 bits per heavy atom. The molecule has 0 radical (unpaired) electrons. The van der Waals surface area contributed by atoms with Crippen molar-refractivity contribution < 1.29 is 9.90 Å². The summed E-state index contributed by atoms with van der Waals surface area (Å²) < 4.78 is 0. The van der Waals surface area contributed by atoms with E-state index in [9.17, 15) is 4.79 Å². The van der Waals surface area contributed by atoms with Gasteiger partial charge in [0.15, 0.2) is 0 Å². The maximum atomic E-state index is 10.5. The Morgan fingerprint density at radius 1 is 1.54 bits per heavy atom. The zero-order chi connectivity index (χ0) is 10.0. The van der Waals surface area contributed by atoms with Crippen molar-refractivity contribution in [2.45, 2.75) is 6.04 Å². The van der Waals surface area contributed by atoms with Crippen LogP contribution < -0.4 is 11.5 Å². The standard InChI is InChI=1S/C8H9ClN2O2/c9-4-1-2-6(10)5(3-4)7(11)8(12)13/h1-3,7H,10-11H2,(H,12,13)/t7-/m0/s1. The van der Waals surface area contributed by atoms with Gasteiger partial charge in [-0.25, -0.2) is 0 Å². The molecule has 0 saturated carbocycles. The molecule has 0 aliphatic rings. The first-order valence-electron chi connectivity index (χ1n) is 3.55. The average Bonchev–Trinajstić information content (AvgIpc) is 2.08. The van der Waals surface area contributed by atoms with Gasteiger partial charge in [-0.1, -0.05) is 11.6 Å². The number of aliphatic carboxylic acids is 1. The molecule has 1 atom stereocenters. The number of nitrogens with two attached hydrogens (primary N) is 2. The summed E-state index contributed by atoms with van der Waals surface area (Å²) in [6, 6.07) is 3.43. The Hall–Kier alpha value is -1.26. The number of nitrogen functional groups attached to an aromatic ring is 1. The second-order valence-electron chi connectivity index (χ2n) is 2.59. The van der Waals surface area contributed by atoms with Gasteiger partial charge in [-0.15, -0.1) is 0 Å². The first-order chi connectivity index (χ1) is 6.02. The van der Waals surface area contributed by atoms with Crippen LogP contribution >= 0.6 is 11.6 Å². The fraction of sp³-hybridized carbons (Fsp3) is 0.125. The van der Waals surface area contributed by atoms with Crippen LogP contribution in [0.1, 0.15) is 11.6 Å². The largest absolute Gasteiger partial charge is 0.480 e. The number of hydrogen-bond donors (Lipinski definition) is 3. The van der Waals surface area contributed by atoms with Crippen LogP contribution in [0, 0.1) is 0 Å². The lowest BCUT2D eigenvalue weighted by Crippen LogP contribution is -2.21. The first kappa shape index (κ1) is 9.83. The lowest BCUT2D eigenvalue weighted by Gasteiger charge is -2.09. The van der Waals surface area contributed by atoms with Gasteiger partial charge in [0.05, 0.1) is 0 Å². The second-order valence-corrected chi connectivity index (χ2v) is 3.03. The fourth-order valence-electron chi connectivity index (χ4n) is 0.948. The van der Waals surface area contributed by atoms with Crippen LogP contribution in [0.25, 0.3) is 0 Å². The fourth-order valence-corrected chi connectivity index (χ4v) is 1.13. The lowest BCUT2D eigenvalue weighted by atomic mass is 10.1. The number of carboxylic acids is 1. The van der Waals surface area contributed by atoms with Crippen LogP contribution in [0.5, 0.6) is 0 Å². The molecular formula is C8H9ClN2O2. The van der Waals surface area contributed by atoms with Gasteiger partial charge in [-0.2, -0.15) is 0 Å². The third kappa shape index (κ3) is 2.11. The first-order valence-corrected chi connectivity index (χ1v) is 3.93. The quantitative estimate of drug-likeness (QED) is 0.622. The SMILES string of the molecule is Nc1ccc(Cl)cc1[C@H](N)C(=O)O. The van der Waals surface area contributed by atoms with Crippen molar-refractivity contribution >= 4 is 23.3 Å². The second kappa shape index (κ2) is 3.64. The van der Waals surface area contributed by atoms with E-state index in [4.69, 9.17) is 28.2 Å². The van der Waals surface area contributed by atoms with E-state index >= 15 is 0 Å². The summed E-state index contributed by atoms with van der Waals surface area (Å²) in [7, 11) is 0. The highest BCUT2D eigenvalue weighted by Gasteiger charge is 2.16. The number of hydrogen-bond acceptors (Lipinski definition) is 3. The summed E-state index contributed by atoms with van der Waals surface area (Å²) in [4.78, 5) is 10.5. The summed E-state index contributed by atoms with van der Waals surface area (Å²) in [5, 5.41) is 9.04. The van der Waals surface area contributed by atoms with Crippen molar-refractivity contribution in [3.63, 3.8) is 0 Å². The van der Waals surface area contributed by atoms with Crippen molar-refractivity contribution in [2.75, 3.05) is 5.73 Å². The molecule has 4 nitrogen and oxygen atoms in total. The highest BCUT2D eigenvalue weighted by molar-refractivity contribution is 6.30. The molecule has 5 heteroatoms. The Bertz CT molecular complexity index is 341. The zero-order valence-corrected chi connectivity index (χ0v) is 7.45. The van der Waals surface area contributed by atoms with Crippen LogP contribution in [0.2, 0.25) is 5.02 Å². The van der Waals surface area contributed by atoms with Gasteiger partial charge in [-0.05, 0) is 18.2 Å². The molecule has 1 aromatic rings. The molecule has 0 saturated heterocycles. The molecule has 0 aliphatic carbocycles. The minimum atomic E-state index is -1.13. The minimum Gasteiger partial charge on any atom is -0.480 e. The van der Waals surface area contributed by atoms with E-state index in [1.54, 1.807) is 6.07 Å². The number of halogens is 1. The molecule has 1 rings (SSSR count). The molecule has 5 N–H and O–H groups in total. The molecule has 0 spiro atoms. The average molecular weight is 201 g/mol. The zero-order valence-electron chi connectivity index (χ0n) is 6.70. The van der Waals surface area contributed by atoms with Crippen LogP contribution in [-0.2, 0) is 4.79 Å². The summed E-state index contributed by atoms with van der Waals surface area (Å²) in [6.45, 7) is 0. The monoisotopic (exact) mass is 200 g/mol. The van der Waals surface area contributed by atoms with Gasteiger partial charge in [-0.3, -0.25) is 4.79 Å². The Morgan fingerprint density at radius 2 is 2.15 bits per heavy atom. The van der Waals surface area contributed by atoms with Crippen molar-refractivity contribution in [1.29, 1.82) is 0 Å². The highest BCUT2D eigenvalue weighted by Crippen LogP contribution is 2.22. The van der Waals surface area contributed by atoms with E-state index in [-0.39, 0.29) is 0 Å². The van der Waals surface area contributed by atoms with Crippen molar-refractivity contribution in [2.24, 2.45) is 5.73 Å². The number of benzene rings is 1. The van der Waals surface area contributed by atoms with E-state index in [1.165, 1.54) is 12.1 Å². The molecule has 0 amide bonds. The molecule has 13 heavy (non-hydrogen) atoms. The van der Waals surface area contributed by atoms with Crippen LogP contribution in [0.3, 0.4) is 0 Å². The molecule has 70 valence electrons. The van der Waals surface area contributed by atoms with Crippen molar-refractivity contribution in [1.82, 2.24) is 0 Å². The smallest absolute Gasteiger partial charge is 0.325 e. The van der Waals surface area contributed by atoms with E-state index in [1.807, 2.05) is 0 Å². The van der Waals surface area contributed by atoms with Gasteiger partial charge in [0.25, 0.3) is 0 Å². The Labute approximate surface area is 80.1 Å². The molecule has 0 heterocycles. The topological polar surface area (TPSA) is 89.3 Å². The number of carboxylic acid groups (broad SMARTS) is 1. The number of carbonyl (C=O) groups is 1. The normalized spacial score (nSPS) is 12.5. The maximum Gasteiger partial charge on any atom is 0.325 e. The van der Waals surface area contributed by atoms with Crippen molar-refractivity contribution in [3.05, 3.63) is 28.8 Å². The molecule has 0 aromatic heterocycles. The van der Waals surface area contributed by atoms with E-state index in [0.717, 1.165) is 0 Å². The molecule has 1 aromatic carbocycles. The number of rotatable bonds is 2. The van der Waals surface area contributed by atoms with Gasteiger partial charge < -0.3 is 16.6 Å². The molecule has 0 aliphatic heterocycles. The maximum absolute atomic E-state index is 10.5. The third-order valence-electron chi connectivity index (χ3n) is 1.65. The molecule has 0 unspecified atom stereocenters. The summed E-state index contributed by atoms with van der Waals surface area (Å²) in [5.74, 6) is -1.13. The summed E-state index contributed by atoms with van der Waals surface area (Å²) in [6.07, 6.45) is 0. The van der Waals surface area contributed by atoms with Crippen molar-refractivity contribution in [3.8, 4) is 0 Å². The number of anilines is 1. The molecule has 0 fully saturated rings. The van der Waals surface area contributed by atoms with Gasteiger partial charge >= 0.3 is 5.97 Å². The van der Waals surface area contributed by atoms with Crippen LogP contribution in [0.4, 0.5) is 5.69 Å². The van der Waals surface area contributed by atoms with Crippen LogP contribution in [-0.4, -0.2) is 11.1 Å².